The zero-order chi connectivity index (χ0) is 15.1. The maximum atomic E-state index is 12.8. The van der Waals surface area contributed by atoms with Gasteiger partial charge in [-0.3, -0.25) is 4.79 Å². The Morgan fingerprint density at radius 3 is 2.38 bits per heavy atom. The van der Waals surface area contributed by atoms with E-state index in [0.29, 0.717) is 17.9 Å². The van der Waals surface area contributed by atoms with Gasteiger partial charge in [-0.1, -0.05) is 12.1 Å². The first-order chi connectivity index (χ1) is 10.2. The fraction of sp³-hybridized carbons (Fsp3) is 0.188. The molecule has 0 atom stereocenters. The lowest BCUT2D eigenvalue weighted by molar-refractivity contribution is 0.0944. The van der Waals surface area contributed by atoms with Crippen molar-refractivity contribution in [2.45, 2.75) is 6.61 Å². The Balaban J connectivity index is 1.90. The van der Waals surface area contributed by atoms with Crippen molar-refractivity contribution in [2.75, 3.05) is 13.2 Å². The molecular formula is C16H16FNO3. The number of nitrogens with one attached hydrogen (secondary N) is 1. The van der Waals surface area contributed by atoms with Crippen LogP contribution in [0.4, 0.5) is 4.39 Å². The van der Waals surface area contributed by atoms with E-state index in [9.17, 15) is 9.18 Å². The van der Waals surface area contributed by atoms with Crippen LogP contribution in [0.25, 0.3) is 0 Å². The van der Waals surface area contributed by atoms with Gasteiger partial charge in [0, 0.05) is 12.1 Å². The van der Waals surface area contributed by atoms with Gasteiger partial charge in [0.25, 0.3) is 5.91 Å². The molecule has 2 rings (SSSR count). The molecule has 0 aliphatic rings. The average Bonchev–Trinajstić information content (AvgIpc) is 2.52. The number of aliphatic hydroxyl groups is 1. The summed E-state index contributed by atoms with van der Waals surface area (Å²) in [5.74, 6) is 0.101. The van der Waals surface area contributed by atoms with E-state index in [2.05, 4.69) is 5.32 Å². The molecule has 0 fully saturated rings. The summed E-state index contributed by atoms with van der Waals surface area (Å²) in [5.41, 5.74) is 1.36. The molecule has 2 aromatic rings. The molecule has 5 heteroatoms. The maximum absolute atomic E-state index is 12.8. The highest BCUT2D eigenvalue weighted by Crippen LogP contribution is 2.14. The molecule has 2 aromatic carbocycles. The quantitative estimate of drug-likeness (QED) is 0.856. The molecule has 1 amide bonds. The van der Waals surface area contributed by atoms with Gasteiger partial charge < -0.3 is 15.2 Å². The lowest BCUT2D eigenvalue weighted by Gasteiger charge is -2.07. The lowest BCUT2D eigenvalue weighted by atomic mass is 10.2. The van der Waals surface area contributed by atoms with Crippen LogP contribution in [0.5, 0.6) is 5.75 Å². The third kappa shape index (κ3) is 4.57. The first-order valence-electron chi connectivity index (χ1n) is 6.55. The standard InChI is InChI=1S/C16H16FNO3/c17-14-5-1-12(2-6-14)11-21-15-7-3-13(4-8-15)16(20)18-9-10-19/h1-8,19H,9-11H2,(H,18,20). The summed E-state index contributed by atoms with van der Waals surface area (Å²) >= 11 is 0. The van der Waals surface area contributed by atoms with E-state index in [0.717, 1.165) is 5.56 Å². The predicted molar refractivity (Wildman–Crippen MR) is 76.6 cm³/mol. The minimum atomic E-state index is -0.281. The highest BCUT2D eigenvalue weighted by molar-refractivity contribution is 5.94. The van der Waals surface area contributed by atoms with E-state index < -0.39 is 0 Å². The molecule has 0 saturated carbocycles. The number of ether oxygens (including phenoxy) is 1. The van der Waals surface area contributed by atoms with E-state index in [-0.39, 0.29) is 24.9 Å². The highest BCUT2D eigenvalue weighted by atomic mass is 19.1. The van der Waals surface area contributed by atoms with Gasteiger partial charge in [-0.25, -0.2) is 4.39 Å². The Bertz CT molecular complexity index is 581. The number of carbonyl (C=O) groups excluding carboxylic acids is 1. The first kappa shape index (κ1) is 15.0. The molecular weight excluding hydrogens is 273 g/mol. The Hall–Kier alpha value is -2.40. The van der Waals surface area contributed by atoms with Crippen LogP contribution < -0.4 is 10.1 Å². The van der Waals surface area contributed by atoms with Gasteiger partial charge in [0.15, 0.2) is 0 Å². The summed E-state index contributed by atoms with van der Waals surface area (Å²) in [7, 11) is 0. The van der Waals surface area contributed by atoms with Gasteiger partial charge in [0.05, 0.1) is 6.61 Å². The minimum Gasteiger partial charge on any atom is -0.489 e. The Labute approximate surface area is 122 Å². The smallest absolute Gasteiger partial charge is 0.251 e. The SMILES string of the molecule is O=C(NCCO)c1ccc(OCc2ccc(F)cc2)cc1. The lowest BCUT2D eigenvalue weighted by Crippen LogP contribution is -2.26. The highest BCUT2D eigenvalue weighted by Gasteiger charge is 2.04. The van der Waals surface area contributed by atoms with E-state index in [1.807, 2.05) is 0 Å². The number of aliphatic hydroxyl groups excluding tert-OH is 1. The van der Waals surface area contributed by atoms with Crippen LogP contribution in [0.2, 0.25) is 0 Å². The largest absolute Gasteiger partial charge is 0.489 e. The van der Waals surface area contributed by atoms with E-state index in [1.54, 1.807) is 36.4 Å². The summed E-state index contributed by atoms with van der Waals surface area (Å²) in [6, 6.07) is 12.8. The van der Waals surface area contributed by atoms with E-state index >= 15 is 0 Å². The van der Waals surface area contributed by atoms with Gasteiger partial charge in [-0.05, 0) is 42.0 Å². The molecule has 0 aliphatic heterocycles. The Morgan fingerprint density at radius 2 is 1.76 bits per heavy atom. The molecule has 0 aliphatic carbocycles. The topological polar surface area (TPSA) is 58.6 Å². The van der Waals surface area contributed by atoms with Crippen LogP contribution in [0, 0.1) is 5.82 Å². The molecule has 21 heavy (non-hydrogen) atoms. The van der Waals surface area contributed by atoms with Crippen molar-refractivity contribution < 1.29 is 19.0 Å². The molecule has 2 N–H and O–H groups in total. The second-order valence-corrected chi connectivity index (χ2v) is 4.42. The molecule has 110 valence electrons. The Kier molecular flexibility index (Phi) is 5.29. The number of amides is 1. The predicted octanol–water partition coefficient (Wildman–Crippen LogP) is 2.13. The van der Waals surface area contributed by atoms with Gasteiger partial charge in [0.1, 0.15) is 18.2 Å². The van der Waals surface area contributed by atoms with Crippen LogP contribution in [0.3, 0.4) is 0 Å². The zero-order valence-corrected chi connectivity index (χ0v) is 11.4. The van der Waals surface area contributed by atoms with Crippen LogP contribution in [0.15, 0.2) is 48.5 Å². The van der Waals surface area contributed by atoms with Crippen LogP contribution in [-0.4, -0.2) is 24.2 Å². The third-order valence-corrected chi connectivity index (χ3v) is 2.83. The molecule has 0 heterocycles. The molecule has 0 aromatic heterocycles. The van der Waals surface area contributed by atoms with Crippen LogP contribution in [-0.2, 0) is 6.61 Å². The molecule has 0 saturated heterocycles. The molecule has 0 bridgehead atoms. The fourth-order valence-corrected chi connectivity index (χ4v) is 1.72. The molecule has 4 nitrogen and oxygen atoms in total. The van der Waals surface area contributed by atoms with Gasteiger partial charge in [-0.2, -0.15) is 0 Å². The Morgan fingerprint density at radius 1 is 1.10 bits per heavy atom. The maximum Gasteiger partial charge on any atom is 0.251 e. The summed E-state index contributed by atoms with van der Waals surface area (Å²) in [6.07, 6.45) is 0. The van der Waals surface area contributed by atoms with Crippen molar-refractivity contribution in [1.82, 2.24) is 5.32 Å². The van der Waals surface area contributed by atoms with E-state index in [1.165, 1.54) is 12.1 Å². The fourth-order valence-electron chi connectivity index (χ4n) is 1.72. The third-order valence-electron chi connectivity index (χ3n) is 2.83. The zero-order valence-electron chi connectivity index (χ0n) is 11.4. The number of benzene rings is 2. The number of hydrogen-bond acceptors (Lipinski definition) is 3. The van der Waals surface area contributed by atoms with Crippen molar-refractivity contribution in [2.24, 2.45) is 0 Å². The summed E-state index contributed by atoms with van der Waals surface area (Å²) in [4.78, 5) is 11.6. The van der Waals surface area contributed by atoms with Crippen molar-refractivity contribution in [3.63, 3.8) is 0 Å². The number of carbonyl (C=O) groups is 1. The van der Waals surface area contributed by atoms with Gasteiger partial charge >= 0.3 is 0 Å². The van der Waals surface area contributed by atoms with Crippen LogP contribution in [0.1, 0.15) is 15.9 Å². The molecule has 0 radical (unpaired) electrons. The van der Waals surface area contributed by atoms with Crippen molar-refractivity contribution in [1.29, 1.82) is 0 Å². The van der Waals surface area contributed by atoms with Crippen molar-refractivity contribution in [3.05, 3.63) is 65.5 Å². The average molecular weight is 289 g/mol. The van der Waals surface area contributed by atoms with Gasteiger partial charge in [0.2, 0.25) is 0 Å². The number of halogens is 1. The number of rotatable bonds is 6. The van der Waals surface area contributed by atoms with Crippen molar-refractivity contribution >= 4 is 5.91 Å². The normalized spacial score (nSPS) is 10.2. The monoisotopic (exact) mass is 289 g/mol. The summed E-state index contributed by atoms with van der Waals surface area (Å²) < 4.78 is 18.3. The second kappa shape index (κ2) is 7.40. The molecule has 0 unspecified atom stereocenters. The minimum absolute atomic E-state index is 0.0927. The first-order valence-corrected chi connectivity index (χ1v) is 6.55. The summed E-state index contributed by atoms with van der Waals surface area (Å²) in [6.45, 7) is 0.461. The van der Waals surface area contributed by atoms with Crippen molar-refractivity contribution in [3.8, 4) is 5.75 Å². The van der Waals surface area contributed by atoms with Gasteiger partial charge in [-0.15, -0.1) is 0 Å². The molecule has 0 spiro atoms. The number of hydrogen-bond donors (Lipinski definition) is 2. The van der Waals surface area contributed by atoms with E-state index in [4.69, 9.17) is 9.84 Å². The summed E-state index contributed by atoms with van der Waals surface area (Å²) in [5, 5.41) is 11.2. The van der Waals surface area contributed by atoms with Crippen LogP contribution >= 0.6 is 0 Å². The second-order valence-electron chi connectivity index (χ2n) is 4.42.